The van der Waals surface area contributed by atoms with Crippen LogP contribution in [-0.2, 0) is 0 Å². The van der Waals surface area contributed by atoms with E-state index in [0.29, 0.717) is 18.8 Å². The van der Waals surface area contributed by atoms with E-state index in [1.165, 1.54) is 0 Å². The molecule has 0 aliphatic carbocycles. The van der Waals surface area contributed by atoms with Crippen LogP contribution in [0.2, 0.25) is 5.02 Å². The summed E-state index contributed by atoms with van der Waals surface area (Å²) in [5, 5.41) is 9.08. The van der Waals surface area contributed by atoms with Crippen molar-refractivity contribution >= 4 is 29.0 Å². The van der Waals surface area contributed by atoms with Crippen molar-refractivity contribution in [1.29, 1.82) is 0 Å². The van der Waals surface area contributed by atoms with Crippen molar-refractivity contribution in [1.82, 2.24) is 15.1 Å². The highest BCUT2D eigenvalue weighted by Crippen LogP contribution is 2.21. The van der Waals surface area contributed by atoms with Gasteiger partial charge in [0.15, 0.2) is 11.5 Å². The van der Waals surface area contributed by atoms with Crippen LogP contribution in [0.1, 0.15) is 24.3 Å². The summed E-state index contributed by atoms with van der Waals surface area (Å²) in [7, 11) is 0. The van der Waals surface area contributed by atoms with E-state index in [1.54, 1.807) is 6.07 Å². The third-order valence-electron chi connectivity index (χ3n) is 4.70. The molecule has 1 aromatic carbocycles. The second-order valence-electron chi connectivity index (χ2n) is 6.21. The number of hydrogen-bond donors (Lipinski definition) is 0. The third kappa shape index (κ3) is 4.07. The van der Waals surface area contributed by atoms with Crippen LogP contribution < -0.4 is 9.80 Å². The molecular formula is C19H24ClN5O. The highest BCUT2D eigenvalue weighted by Gasteiger charge is 2.23. The fourth-order valence-corrected chi connectivity index (χ4v) is 3.34. The Labute approximate surface area is 159 Å². The maximum absolute atomic E-state index is 12.7. The molecule has 138 valence electrons. The molecule has 1 amide bonds. The average Bonchev–Trinajstić information content (AvgIpc) is 2.69. The van der Waals surface area contributed by atoms with Crippen LogP contribution in [0.5, 0.6) is 0 Å². The third-order valence-corrected chi connectivity index (χ3v) is 4.93. The number of nitrogens with zero attached hydrogens (tertiary/aromatic N) is 5. The first kappa shape index (κ1) is 18.5. The lowest BCUT2D eigenvalue weighted by atomic mass is 10.2. The summed E-state index contributed by atoms with van der Waals surface area (Å²) in [4.78, 5) is 18.9. The maximum Gasteiger partial charge on any atom is 0.274 e. The zero-order chi connectivity index (χ0) is 18.5. The van der Waals surface area contributed by atoms with E-state index in [0.717, 1.165) is 42.7 Å². The van der Waals surface area contributed by atoms with Gasteiger partial charge in [-0.25, -0.2) is 0 Å². The predicted octanol–water partition coefficient (Wildman–Crippen LogP) is 2.94. The molecule has 0 N–H and O–H groups in total. The van der Waals surface area contributed by atoms with Crippen molar-refractivity contribution in [2.24, 2.45) is 0 Å². The Morgan fingerprint density at radius 2 is 1.81 bits per heavy atom. The van der Waals surface area contributed by atoms with Gasteiger partial charge in [-0.2, -0.15) is 0 Å². The number of halogens is 1. The zero-order valence-electron chi connectivity index (χ0n) is 15.2. The maximum atomic E-state index is 12.7. The summed E-state index contributed by atoms with van der Waals surface area (Å²) in [6.45, 7) is 8.74. The summed E-state index contributed by atoms with van der Waals surface area (Å²) in [5.74, 6) is 0.742. The van der Waals surface area contributed by atoms with Crippen molar-refractivity contribution in [3.8, 4) is 0 Å². The number of anilines is 2. The zero-order valence-corrected chi connectivity index (χ0v) is 16.0. The monoisotopic (exact) mass is 373 g/mol. The average molecular weight is 374 g/mol. The summed E-state index contributed by atoms with van der Waals surface area (Å²) in [6, 6.07) is 11.5. The normalized spacial score (nSPS) is 14.4. The Balaban J connectivity index is 1.61. The second kappa shape index (κ2) is 8.36. The molecule has 2 aromatic rings. The van der Waals surface area contributed by atoms with Gasteiger partial charge < -0.3 is 14.7 Å². The Hall–Kier alpha value is -2.34. The van der Waals surface area contributed by atoms with E-state index in [2.05, 4.69) is 33.8 Å². The van der Waals surface area contributed by atoms with E-state index >= 15 is 0 Å². The van der Waals surface area contributed by atoms with Gasteiger partial charge in [0, 0.05) is 50.0 Å². The number of amides is 1. The molecule has 1 aliphatic rings. The van der Waals surface area contributed by atoms with Gasteiger partial charge in [-0.05, 0) is 44.2 Å². The van der Waals surface area contributed by atoms with Crippen LogP contribution >= 0.6 is 11.6 Å². The quantitative estimate of drug-likeness (QED) is 0.806. The van der Waals surface area contributed by atoms with Gasteiger partial charge in [-0.15, -0.1) is 10.2 Å². The fourth-order valence-electron chi connectivity index (χ4n) is 3.16. The molecule has 7 heteroatoms. The van der Waals surface area contributed by atoms with Crippen molar-refractivity contribution in [3.05, 3.63) is 47.1 Å². The van der Waals surface area contributed by atoms with Crippen LogP contribution in [0, 0.1) is 0 Å². The first-order valence-corrected chi connectivity index (χ1v) is 9.38. The number of carbonyl (C=O) groups is 1. The smallest absolute Gasteiger partial charge is 0.274 e. The number of rotatable bonds is 5. The Kier molecular flexibility index (Phi) is 5.93. The predicted molar refractivity (Wildman–Crippen MR) is 105 cm³/mol. The number of benzene rings is 1. The van der Waals surface area contributed by atoms with E-state index < -0.39 is 0 Å². The van der Waals surface area contributed by atoms with Crippen molar-refractivity contribution < 1.29 is 4.79 Å². The molecule has 1 aliphatic heterocycles. The SMILES string of the molecule is CCN(CC)c1ccc(C(=O)N2CCN(c3cccc(Cl)c3)CC2)nn1. The van der Waals surface area contributed by atoms with Gasteiger partial charge >= 0.3 is 0 Å². The molecule has 2 heterocycles. The molecule has 0 radical (unpaired) electrons. The lowest BCUT2D eigenvalue weighted by Crippen LogP contribution is -2.49. The van der Waals surface area contributed by atoms with Crippen molar-refractivity contribution in [3.63, 3.8) is 0 Å². The molecular weight excluding hydrogens is 350 g/mol. The molecule has 0 spiro atoms. The van der Waals surface area contributed by atoms with E-state index in [4.69, 9.17) is 11.6 Å². The Morgan fingerprint density at radius 1 is 1.08 bits per heavy atom. The van der Waals surface area contributed by atoms with Gasteiger partial charge in [-0.1, -0.05) is 17.7 Å². The number of carbonyl (C=O) groups excluding carboxylic acids is 1. The number of aromatic nitrogens is 2. The van der Waals surface area contributed by atoms with Crippen molar-refractivity contribution in [2.75, 3.05) is 49.1 Å². The van der Waals surface area contributed by atoms with Crippen LogP contribution in [0.4, 0.5) is 11.5 Å². The molecule has 6 nitrogen and oxygen atoms in total. The topological polar surface area (TPSA) is 52.6 Å². The fraction of sp³-hybridized carbons (Fsp3) is 0.421. The Morgan fingerprint density at radius 3 is 2.38 bits per heavy atom. The van der Waals surface area contributed by atoms with Crippen LogP contribution in [0.15, 0.2) is 36.4 Å². The largest absolute Gasteiger partial charge is 0.368 e. The van der Waals surface area contributed by atoms with E-state index in [9.17, 15) is 4.79 Å². The standard InChI is InChI=1S/C19H24ClN5O/c1-3-23(4-2)18-9-8-17(21-22-18)19(26)25-12-10-24(11-13-25)16-7-5-6-15(20)14-16/h5-9,14H,3-4,10-13H2,1-2H3. The molecule has 0 saturated carbocycles. The minimum Gasteiger partial charge on any atom is -0.368 e. The lowest BCUT2D eigenvalue weighted by Gasteiger charge is -2.36. The number of piperazine rings is 1. The van der Waals surface area contributed by atoms with Crippen LogP contribution in [0.3, 0.4) is 0 Å². The van der Waals surface area contributed by atoms with Crippen molar-refractivity contribution in [2.45, 2.75) is 13.8 Å². The molecule has 1 aromatic heterocycles. The second-order valence-corrected chi connectivity index (χ2v) is 6.64. The van der Waals surface area contributed by atoms with Gasteiger partial charge in [0.05, 0.1) is 0 Å². The molecule has 0 unspecified atom stereocenters. The van der Waals surface area contributed by atoms with Crippen LogP contribution in [0.25, 0.3) is 0 Å². The lowest BCUT2D eigenvalue weighted by molar-refractivity contribution is 0.0739. The molecule has 1 fully saturated rings. The first-order valence-electron chi connectivity index (χ1n) is 9.00. The summed E-state index contributed by atoms with van der Waals surface area (Å²) < 4.78 is 0. The minimum atomic E-state index is -0.0608. The first-order chi connectivity index (χ1) is 12.6. The molecule has 1 saturated heterocycles. The number of hydrogen-bond acceptors (Lipinski definition) is 5. The molecule has 26 heavy (non-hydrogen) atoms. The van der Waals surface area contributed by atoms with E-state index in [-0.39, 0.29) is 5.91 Å². The molecule has 0 bridgehead atoms. The van der Waals surface area contributed by atoms with Gasteiger partial charge in [0.2, 0.25) is 0 Å². The van der Waals surface area contributed by atoms with Gasteiger partial charge in [0.1, 0.15) is 0 Å². The summed E-state index contributed by atoms with van der Waals surface area (Å²) >= 11 is 6.07. The van der Waals surface area contributed by atoms with E-state index in [1.807, 2.05) is 35.2 Å². The summed E-state index contributed by atoms with van der Waals surface area (Å²) in [6.07, 6.45) is 0. The van der Waals surface area contributed by atoms with Gasteiger partial charge in [0.25, 0.3) is 5.91 Å². The highest BCUT2D eigenvalue weighted by molar-refractivity contribution is 6.30. The highest BCUT2D eigenvalue weighted by atomic mass is 35.5. The minimum absolute atomic E-state index is 0.0608. The van der Waals surface area contributed by atoms with Gasteiger partial charge in [-0.3, -0.25) is 4.79 Å². The Bertz CT molecular complexity index is 740. The summed E-state index contributed by atoms with van der Waals surface area (Å²) in [5.41, 5.74) is 1.49. The molecule has 3 rings (SSSR count). The van der Waals surface area contributed by atoms with Crippen LogP contribution in [-0.4, -0.2) is 60.3 Å². The molecule has 0 atom stereocenters.